The smallest absolute Gasteiger partial charge is 0.316 e. The fraction of sp³-hybridized carbons (Fsp3) is 0.500. The van der Waals surface area contributed by atoms with Gasteiger partial charge in [-0.2, -0.15) is 0 Å². The quantitative estimate of drug-likeness (QED) is 0.346. The summed E-state index contributed by atoms with van der Waals surface area (Å²) in [4.78, 5) is 18.0. The standard InChI is InChI=1S/C3H6O3.CH2O3.Ca.2Mg.3H2O.6H/c1-2(4)3(5)6;2-1(3)4;;;;;;;;;;;;/h2,4H,1H3,(H,5,6);(H2,2,3,4);;;;3*1H2;;;;;;. The molecule has 16 heavy (non-hydrogen) atoms. The molecular weight excluding hydrogens is 281 g/mol. The Morgan fingerprint density at radius 1 is 0.938 bits per heavy atom. The van der Waals surface area contributed by atoms with Crippen LogP contribution in [0.2, 0.25) is 0 Å². The van der Waals surface area contributed by atoms with Gasteiger partial charge in [0.1, 0.15) is 6.10 Å². The van der Waals surface area contributed by atoms with Crippen LogP contribution < -0.4 is 0 Å². The summed E-state index contributed by atoms with van der Waals surface area (Å²) in [6.45, 7) is 1.20. The molecule has 9 nitrogen and oxygen atoms in total. The third-order valence-corrected chi connectivity index (χ3v) is 0.357. The van der Waals surface area contributed by atoms with Crippen molar-refractivity contribution in [3.63, 3.8) is 0 Å². The van der Waals surface area contributed by atoms with Gasteiger partial charge in [-0.05, 0) is 6.92 Å². The Bertz CT molecular complexity index is 129. The van der Waals surface area contributed by atoms with Crippen LogP contribution in [0.4, 0.5) is 4.79 Å². The third-order valence-electron chi connectivity index (χ3n) is 0.357. The van der Waals surface area contributed by atoms with Gasteiger partial charge < -0.3 is 36.9 Å². The first-order valence-corrected chi connectivity index (χ1v) is 2.20. The molecule has 0 saturated heterocycles. The van der Waals surface area contributed by atoms with Crippen LogP contribution in [0.3, 0.4) is 0 Å². The van der Waals surface area contributed by atoms with Crippen molar-refractivity contribution in [1.29, 1.82) is 0 Å². The summed E-state index contributed by atoms with van der Waals surface area (Å²) in [7, 11) is 0. The van der Waals surface area contributed by atoms with Crippen LogP contribution in [0.5, 0.6) is 0 Å². The van der Waals surface area contributed by atoms with E-state index in [1.54, 1.807) is 0 Å². The van der Waals surface area contributed by atoms with Gasteiger partial charge >= 0.3 is 96.0 Å². The van der Waals surface area contributed by atoms with Gasteiger partial charge in [0, 0.05) is 0 Å². The number of aliphatic carboxylic acids is 1. The number of carboxylic acid groups (broad SMARTS) is 3. The molecule has 0 spiro atoms. The molecule has 0 aliphatic heterocycles. The van der Waals surface area contributed by atoms with Crippen molar-refractivity contribution in [2.45, 2.75) is 13.0 Å². The molecule has 0 aromatic carbocycles. The zero-order valence-corrected chi connectivity index (χ0v) is 6.68. The molecule has 96 valence electrons. The van der Waals surface area contributed by atoms with E-state index in [1.807, 2.05) is 0 Å². The zero-order valence-electron chi connectivity index (χ0n) is 6.68. The van der Waals surface area contributed by atoms with Crippen molar-refractivity contribution in [2.24, 2.45) is 0 Å². The van der Waals surface area contributed by atoms with E-state index in [0.29, 0.717) is 0 Å². The number of carbonyl (C=O) groups is 2. The molecule has 1 atom stereocenters. The number of carboxylic acids is 1. The summed E-state index contributed by atoms with van der Waals surface area (Å²) < 4.78 is 0. The Hall–Kier alpha value is 1.37. The molecule has 10 N–H and O–H groups in total. The second kappa shape index (κ2) is 36.0. The van der Waals surface area contributed by atoms with E-state index in [9.17, 15) is 4.79 Å². The predicted octanol–water partition coefficient (Wildman–Crippen LogP) is -5.55. The summed E-state index contributed by atoms with van der Waals surface area (Å²) in [5.41, 5.74) is 0. The minimum absolute atomic E-state index is 0. The van der Waals surface area contributed by atoms with Crippen molar-refractivity contribution < 1.29 is 46.4 Å². The Balaban J connectivity index is -0.00000001000. The van der Waals surface area contributed by atoms with Crippen LogP contribution in [0.15, 0.2) is 0 Å². The number of hydrogen-bond acceptors (Lipinski definition) is 3. The van der Waals surface area contributed by atoms with E-state index >= 15 is 0 Å². The van der Waals surface area contributed by atoms with Gasteiger partial charge in [-0.1, -0.05) is 0 Å². The first kappa shape index (κ1) is 53.0. The van der Waals surface area contributed by atoms with Crippen LogP contribution in [0.25, 0.3) is 0 Å². The van der Waals surface area contributed by atoms with Crippen molar-refractivity contribution >= 4 is 96.0 Å². The largest absolute Gasteiger partial charge is 0.316 e. The molecule has 0 radical (unpaired) electrons. The Labute approximate surface area is 153 Å². The molecular formula is C4H20CaMg2O9. The number of rotatable bonds is 1. The summed E-state index contributed by atoms with van der Waals surface area (Å²) >= 11 is 0. The van der Waals surface area contributed by atoms with Gasteiger partial charge in [-0.3, -0.25) is 0 Å². The van der Waals surface area contributed by atoms with Crippen molar-refractivity contribution in [3.05, 3.63) is 0 Å². The predicted molar refractivity (Wildman–Crippen MR) is 66.4 cm³/mol. The minimum Gasteiger partial charge on any atom is 0.316 e. The first-order chi connectivity index (χ1) is 4.37. The average molecular weight is 301 g/mol. The van der Waals surface area contributed by atoms with E-state index in [4.69, 9.17) is 25.2 Å². The van der Waals surface area contributed by atoms with Gasteiger partial charge in [-0.15, -0.1) is 0 Å². The fourth-order valence-corrected chi connectivity index (χ4v) is 0. The topological polar surface area (TPSA) is 210 Å². The van der Waals surface area contributed by atoms with Crippen molar-refractivity contribution in [1.82, 2.24) is 0 Å². The van der Waals surface area contributed by atoms with E-state index in [1.165, 1.54) is 6.92 Å². The van der Waals surface area contributed by atoms with Crippen molar-refractivity contribution in [2.75, 3.05) is 0 Å². The van der Waals surface area contributed by atoms with Crippen molar-refractivity contribution in [3.8, 4) is 0 Å². The number of aliphatic hydroxyl groups excluding tert-OH is 1. The zero-order chi connectivity index (χ0) is 8.73. The van der Waals surface area contributed by atoms with E-state index in [0.717, 1.165) is 0 Å². The van der Waals surface area contributed by atoms with Gasteiger partial charge in [0.2, 0.25) is 0 Å². The molecule has 1 unspecified atom stereocenters. The number of aliphatic hydroxyl groups is 1. The summed E-state index contributed by atoms with van der Waals surface area (Å²) in [6, 6.07) is 0. The van der Waals surface area contributed by atoms with Crippen LogP contribution in [-0.2, 0) is 4.79 Å². The van der Waals surface area contributed by atoms with E-state index in [-0.39, 0.29) is 100 Å². The second-order valence-electron chi connectivity index (χ2n) is 1.30. The summed E-state index contributed by atoms with van der Waals surface area (Å²) in [6.07, 6.45) is -3.06. The first-order valence-electron chi connectivity index (χ1n) is 2.20. The van der Waals surface area contributed by atoms with Crippen LogP contribution in [-0.4, -0.2) is 139 Å². The average Bonchev–Trinajstić information content (AvgIpc) is 1.63. The third kappa shape index (κ3) is 110. The Kier molecular flexibility index (Phi) is 119. The number of hydrogen-bond donors (Lipinski definition) is 4. The van der Waals surface area contributed by atoms with E-state index < -0.39 is 18.2 Å². The van der Waals surface area contributed by atoms with Gasteiger partial charge in [0.25, 0.3) is 0 Å². The maximum Gasteiger partial charge on any atom is 0.316 e. The maximum absolute atomic E-state index is 9.45. The second-order valence-corrected chi connectivity index (χ2v) is 1.30. The molecule has 0 aliphatic rings. The molecule has 0 amide bonds. The molecule has 0 bridgehead atoms. The maximum atomic E-state index is 9.45. The van der Waals surface area contributed by atoms with Crippen LogP contribution in [0.1, 0.15) is 6.92 Å². The molecule has 0 fully saturated rings. The summed E-state index contributed by atoms with van der Waals surface area (Å²) in [5, 5.41) is 29.7. The fourth-order valence-electron chi connectivity index (χ4n) is 0. The van der Waals surface area contributed by atoms with Crippen LogP contribution in [0, 0.1) is 0 Å². The van der Waals surface area contributed by atoms with Gasteiger partial charge in [0.15, 0.2) is 0 Å². The minimum atomic E-state index is -1.83. The van der Waals surface area contributed by atoms with Gasteiger partial charge in [0.05, 0.1) is 0 Å². The molecule has 0 saturated carbocycles. The molecule has 0 heterocycles. The molecule has 0 rings (SSSR count). The molecule has 0 aromatic rings. The molecule has 0 aliphatic carbocycles. The Morgan fingerprint density at radius 3 is 1.00 bits per heavy atom. The normalized spacial score (nSPS) is 6.62. The molecule has 12 heteroatoms. The SMILES string of the molecule is CC(O)C(=O)O.O.O.O.O=C(O)O.[CaH2].[MgH2].[MgH2]. The summed E-state index contributed by atoms with van der Waals surface area (Å²) in [5.74, 6) is -1.19. The van der Waals surface area contributed by atoms with Gasteiger partial charge in [-0.25, -0.2) is 9.59 Å². The Morgan fingerprint density at radius 2 is 1.00 bits per heavy atom. The van der Waals surface area contributed by atoms with Crippen LogP contribution >= 0.6 is 0 Å². The molecule has 0 aromatic heterocycles. The van der Waals surface area contributed by atoms with E-state index in [2.05, 4.69) is 0 Å². The monoisotopic (exact) mass is 300 g/mol.